The van der Waals surface area contributed by atoms with Crippen LogP contribution in [0.3, 0.4) is 0 Å². The zero-order chi connectivity index (χ0) is 0. The normalized spacial score (nSPS) is 0. The molecule has 0 rings (SSSR count). The van der Waals surface area contributed by atoms with Crippen LogP contribution in [-0.2, 0) is 45.7 Å². The monoisotopic (exact) mass is 146 g/mol. The van der Waals surface area contributed by atoms with Gasteiger partial charge in [-0.25, -0.2) is 0 Å². The number of hydrogen-bond acceptors (Lipinski definition) is 0. The van der Waals surface area contributed by atoms with Crippen molar-refractivity contribution in [3.63, 3.8) is 0 Å². The molecule has 0 aromatic rings. The maximum Gasteiger partial charge on any atom is 0 e. The summed E-state index contributed by atoms with van der Waals surface area (Å²) in [5.74, 6) is 0. The third-order valence-electron chi connectivity index (χ3n) is 0. The molecule has 0 aliphatic rings. The van der Waals surface area contributed by atoms with E-state index in [1.54, 1.807) is 0 Å². The molecule has 0 fully saturated rings. The molecule has 0 bridgehead atoms. The van der Waals surface area contributed by atoms with Crippen molar-refractivity contribution in [3.05, 3.63) is 0 Å². The summed E-state index contributed by atoms with van der Waals surface area (Å²) in [5, 5.41) is 0. The topological polar surface area (TPSA) is 28.5 Å². The Morgan fingerprint density at radius 1 is 1.00 bits per heavy atom. The molecule has 0 aliphatic carbocycles. The molecule has 20 valence electrons. The van der Waals surface area contributed by atoms with Crippen LogP contribution in [0.2, 0.25) is 0 Å². The largest absolute Gasteiger partial charge is 0 e. The molecular formula is OPTiV. The van der Waals surface area contributed by atoms with Crippen molar-refractivity contribution in [2.45, 2.75) is 0 Å². The van der Waals surface area contributed by atoms with Gasteiger partial charge in [0.25, 0.3) is 0 Å². The summed E-state index contributed by atoms with van der Waals surface area (Å²) in [6.45, 7) is 0. The minimum Gasteiger partial charge on any atom is 0 e. The van der Waals surface area contributed by atoms with E-state index in [9.17, 15) is 0 Å². The second kappa shape index (κ2) is 22.4. The first-order valence-electron chi connectivity index (χ1n) is 0. The zero-order valence-electron chi connectivity index (χ0n) is 1.80. The SMILES string of the molecule is [O].[P].[Ti].[V]. The van der Waals surface area contributed by atoms with Crippen LogP contribution in [0.5, 0.6) is 0 Å². The van der Waals surface area contributed by atoms with Crippen LogP contribution in [0.4, 0.5) is 0 Å². The van der Waals surface area contributed by atoms with Crippen LogP contribution in [-0.4, -0.2) is 0 Å². The van der Waals surface area contributed by atoms with Crippen LogP contribution < -0.4 is 0 Å². The third-order valence-corrected chi connectivity index (χ3v) is 0. The first kappa shape index (κ1) is 43.9. The van der Waals surface area contributed by atoms with Crippen molar-refractivity contribution in [2.24, 2.45) is 0 Å². The van der Waals surface area contributed by atoms with Gasteiger partial charge >= 0.3 is 0 Å². The molecule has 0 aromatic carbocycles. The molecule has 0 spiro atoms. The Hall–Kier alpha value is 1.69. The second-order valence-electron chi connectivity index (χ2n) is 0. The average molecular weight is 146 g/mol. The molecule has 0 unspecified atom stereocenters. The number of hydrogen-bond donors (Lipinski definition) is 0. The van der Waals surface area contributed by atoms with Gasteiger partial charge in [0.15, 0.2) is 0 Å². The van der Waals surface area contributed by atoms with Crippen molar-refractivity contribution < 1.29 is 45.7 Å². The summed E-state index contributed by atoms with van der Waals surface area (Å²) in [7, 11) is 0. The van der Waals surface area contributed by atoms with Crippen LogP contribution in [0.15, 0.2) is 0 Å². The predicted octanol–water partition coefficient (Wildman–Crippen LogP) is 0.737. The van der Waals surface area contributed by atoms with Gasteiger partial charge in [-0.3, -0.25) is 0 Å². The maximum atomic E-state index is 0. The molecule has 4 heavy (non-hydrogen) atoms. The van der Waals surface area contributed by atoms with Crippen LogP contribution >= 0.6 is 9.90 Å². The smallest absolute Gasteiger partial charge is 0 e. The van der Waals surface area contributed by atoms with E-state index in [1.807, 2.05) is 0 Å². The summed E-state index contributed by atoms with van der Waals surface area (Å²) < 4.78 is 0. The van der Waals surface area contributed by atoms with Crippen molar-refractivity contribution in [1.82, 2.24) is 0 Å². The molecule has 0 amide bonds. The summed E-state index contributed by atoms with van der Waals surface area (Å²) in [4.78, 5) is 0. The van der Waals surface area contributed by atoms with E-state index in [2.05, 4.69) is 0 Å². The van der Waals surface area contributed by atoms with Gasteiger partial charge in [-0.15, -0.1) is 0 Å². The molecule has 0 saturated carbocycles. The fraction of sp³-hybridized carbons (Fsp3) is 0. The maximum absolute atomic E-state index is 0. The van der Waals surface area contributed by atoms with Gasteiger partial charge in [-0.1, -0.05) is 0 Å². The van der Waals surface area contributed by atoms with Gasteiger partial charge in [-0.05, 0) is 0 Å². The molecular weight excluding hydrogens is 146 g/mol. The molecule has 0 aromatic heterocycles. The third kappa shape index (κ3) is 9.35. The van der Waals surface area contributed by atoms with E-state index < -0.39 is 0 Å². The fourth-order valence-corrected chi connectivity index (χ4v) is 0. The van der Waals surface area contributed by atoms with Crippen LogP contribution in [0.25, 0.3) is 0 Å². The average Bonchev–Trinajstić information content (AvgIpc) is 0. The first-order chi connectivity index (χ1) is 0. The summed E-state index contributed by atoms with van der Waals surface area (Å²) in [5.41, 5.74) is 0. The fourth-order valence-electron chi connectivity index (χ4n) is 0. The Balaban J connectivity index is 0. The Labute approximate surface area is 55.6 Å². The van der Waals surface area contributed by atoms with Crippen molar-refractivity contribution in [3.8, 4) is 0 Å². The Morgan fingerprint density at radius 3 is 1.00 bits per heavy atom. The Morgan fingerprint density at radius 2 is 1.00 bits per heavy atom. The van der Waals surface area contributed by atoms with Gasteiger partial charge in [0.2, 0.25) is 0 Å². The Kier molecular flexibility index (Phi) is 245. The minimum absolute atomic E-state index is 0. The molecule has 0 saturated heterocycles. The molecule has 6 radical (unpaired) electrons. The van der Waals surface area contributed by atoms with E-state index >= 15 is 0 Å². The molecule has 0 atom stereocenters. The summed E-state index contributed by atoms with van der Waals surface area (Å²) in [6.07, 6.45) is 0. The van der Waals surface area contributed by atoms with Crippen LogP contribution in [0.1, 0.15) is 0 Å². The quantitative estimate of drug-likeness (QED) is 0.356. The van der Waals surface area contributed by atoms with Gasteiger partial charge in [0.1, 0.15) is 0 Å². The van der Waals surface area contributed by atoms with Gasteiger partial charge < -0.3 is 0 Å². The van der Waals surface area contributed by atoms with Crippen LogP contribution in [0, 0.1) is 0 Å². The number of rotatable bonds is 0. The summed E-state index contributed by atoms with van der Waals surface area (Å²) in [6, 6.07) is 0. The zero-order valence-corrected chi connectivity index (χ0v) is 5.66. The predicted molar refractivity (Wildman–Crippen MR) is 7.61 cm³/mol. The van der Waals surface area contributed by atoms with Gasteiger partial charge in [0, 0.05) is 55.6 Å². The van der Waals surface area contributed by atoms with Crippen molar-refractivity contribution >= 4 is 9.90 Å². The van der Waals surface area contributed by atoms with E-state index in [0.29, 0.717) is 0 Å². The van der Waals surface area contributed by atoms with Gasteiger partial charge in [0.05, 0.1) is 0 Å². The minimum atomic E-state index is 0. The van der Waals surface area contributed by atoms with E-state index in [-0.39, 0.29) is 55.6 Å². The van der Waals surface area contributed by atoms with Crippen molar-refractivity contribution in [2.75, 3.05) is 0 Å². The standard InChI is InChI=1S/O.P.Ti.V. The second-order valence-corrected chi connectivity index (χ2v) is 0. The molecule has 4 heteroatoms. The van der Waals surface area contributed by atoms with E-state index in [1.165, 1.54) is 0 Å². The van der Waals surface area contributed by atoms with E-state index in [4.69, 9.17) is 0 Å². The van der Waals surface area contributed by atoms with Gasteiger partial charge in [-0.2, -0.15) is 0 Å². The van der Waals surface area contributed by atoms with Crippen molar-refractivity contribution in [1.29, 1.82) is 0 Å². The molecule has 1 nitrogen and oxygen atoms in total. The first-order valence-corrected chi connectivity index (χ1v) is 0. The molecule has 0 heterocycles. The Bertz CT molecular complexity index is 8.00. The molecule has 0 aliphatic heterocycles. The molecule has 0 N–H and O–H groups in total. The summed E-state index contributed by atoms with van der Waals surface area (Å²) >= 11 is 0. The van der Waals surface area contributed by atoms with E-state index in [0.717, 1.165) is 0 Å².